The van der Waals surface area contributed by atoms with E-state index >= 15 is 0 Å². The first-order valence-corrected chi connectivity index (χ1v) is 5.15. The average Bonchev–Trinajstić information content (AvgIpc) is 2.71. The Kier molecular flexibility index (Phi) is 2.97. The molecule has 2 atom stereocenters. The number of carbonyl (C=O) groups excluding carboxylic acids is 1. The summed E-state index contributed by atoms with van der Waals surface area (Å²) in [7, 11) is 0. The van der Waals surface area contributed by atoms with Gasteiger partial charge >= 0.3 is 11.9 Å². The van der Waals surface area contributed by atoms with Crippen molar-refractivity contribution in [1.82, 2.24) is 0 Å². The molecule has 94 valence electrons. The normalized spacial score (nSPS) is 22.6. The molecule has 1 saturated heterocycles. The van der Waals surface area contributed by atoms with Gasteiger partial charge in [-0.2, -0.15) is 0 Å². The molecule has 1 heterocycles. The van der Waals surface area contributed by atoms with Gasteiger partial charge in [0.2, 0.25) is 0 Å². The lowest BCUT2D eigenvalue weighted by Gasteiger charge is -2.13. The van der Waals surface area contributed by atoms with Gasteiger partial charge in [0.15, 0.2) is 0 Å². The number of nitro benzene ring substituents is 1. The molecule has 7 heteroatoms. The van der Waals surface area contributed by atoms with Crippen molar-refractivity contribution in [2.24, 2.45) is 5.92 Å². The molecule has 1 aromatic carbocycles. The highest BCUT2D eigenvalue weighted by Gasteiger charge is 2.40. The van der Waals surface area contributed by atoms with Crippen LogP contribution < -0.4 is 0 Å². The molecule has 0 aliphatic carbocycles. The second kappa shape index (κ2) is 4.44. The van der Waals surface area contributed by atoms with Crippen molar-refractivity contribution in [3.05, 3.63) is 39.9 Å². The van der Waals surface area contributed by atoms with Crippen molar-refractivity contribution >= 4 is 17.6 Å². The highest BCUT2D eigenvalue weighted by atomic mass is 16.6. The van der Waals surface area contributed by atoms with E-state index in [4.69, 9.17) is 9.84 Å². The Bertz CT molecular complexity index is 509. The van der Waals surface area contributed by atoms with Crippen molar-refractivity contribution in [3.63, 3.8) is 0 Å². The topological polar surface area (TPSA) is 107 Å². The van der Waals surface area contributed by atoms with Crippen LogP contribution in [-0.2, 0) is 14.3 Å². The molecule has 1 aromatic rings. The summed E-state index contributed by atoms with van der Waals surface area (Å²) in [6.45, 7) is 0. The Balaban J connectivity index is 2.27. The second-order valence-corrected chi connectivity index (χ2v) is 3.91. The summed E-state index contributed by atoms with van der Waals surface area (Å²) >= 11 is 0. The van der Waals surface area contributed by atoms with E-state index in [1.54, 1.807) is 0 Å². The predicted octanol–water partition coefficient (Wildman–Crippen LogP) is 1.28. The summed E-state index contributed by atoms with van der Waals surface area (Å²) in [5.74, 6) is -2.64. The van der Waals surface area contributed by atoms with E-state index in [1.165, 1.54) is 24.3 Å². The Labute approximate surface area is 101 Å². The highest BCUT2D eigenvalue weighted by molar-refractivity contribution is 5.82. The molecular weight excluding hydrogens is 242 g/mol. The Morgan fingerprint density at radius 3 is 2.50 bits per heavy atom. The van der Waals surface area contributed by atoms with Crippen molar-refractivity contribution in [3.8, 4) is 0 Å². The van der Waals surface area contributed by atoms with Gasteiger partial charge in [-0.15, -0.1) is 0 Å². The number of nitrogens with zero attached hydrogens (tertiary/aromatic N) is 1. The lowest BCUT2D eigenvalue weighted by molar-refractivity contribution is -0.384. The van der Waals surface area contributed by atoms with Gasteiger partial charge in [0, 0.05) is 12.1 Å². The summed E-state index contributed by atoms with van der Waals surface area (Å²) in [5.41, 5.74) is 0.341. The molecular formula is C11H9NO6. The molecule has 1 N–H and O–H groups in total. The summed E-state index contributed by atoms with van der Waals surface area (Å²) in [6, 6.07) is 5.30. The molecule has 0 unspecified atom stereocenters. The number of hydrogen-bond acceptors (Lipinski definition) is 5. The van der Waals surface area contributed by atoms with E-state index in [0.29, 0.717) is 5.56 Å². The Morgan fingerprint density at radius 2 is 2.00 bits per heavy atom. The summed E-state index contributed by atoms with van der Waals surface area (Å²) in [5, 5.41) is 19.4. The zero-order valence-electron chi connectivity index (χ0n) is 9.11. The first kappa shape index (κ1) is 12.0. The van der Waals surface area contributed by atoms with Crippen LogP contribution in [0.25, 0.3) is 0 Å². The SMILES string of the molecule is O=C1C[C@@H](C(=O)O)[C@@H](c2ccc([N+](=O)[O-])cc2)O1. The van der Waals surface area contributed by atoms with Gasteiger partial charge in [0.25, 0.3) is 5.69 Å². The van der Waals surface area contributed by atoms with Gasteiger partial charge in [-0.25, -0.2) is 0 Å². The lowest BCUT2D eigenvalue weighted by Crippen LogP contribution is -2.17. The number of esters is 1. The maximum absolute atomic E-state index is 11.1. The molecule has 1 fully saturated rings. The molecule has 0 aromatic heterocycles. The van der Waals surface area contributed by atoms with Gasteiger partial charge in [-0.05, 0) is 17.7 Å². The summed E-state index contributed by atoms with van der Waals surface area (Å²) in [6.07, 6.45) is -1.06. The maximum atomic E-state index is 11.1. The van der Waals surface area contributed by atoms with Crippen LogP contribution in [0.1, 0.15) is 18.1 Å². The highest BCUT2D eigenvalue weighted by Crippen LogP contribution is 2.35. The van der Waals surface area contributed by atoms with E-state index in [2.05, 4.69) is 0 Å². The first-order chi connectivity index (χ1) is 8.49. The monoisotopic (exact) mass is 251 g/mol. The average molecular weight is 251 g/mol. The van der Waals surface area contributed by atoms with Crippen LogP contribution in [0.2, 0.25) is 0 Å². The smallest absolute Gasteiger partial charge is 0.311 e. The molecule has 1 aliphatic heterocycles. The van der Waals surface area contributed by atoms with Crippen molar-refractivity contribution in [1.29, 1.82) is 0 Å². The third-order valence-corrected chi connectivity index (χ3v) is 2.76. The number of ether oxygens (including phenoxy) is 1. The fourth-order valence-corrected chi connectivity index (χ4v) is 1.86. The molecule has 18 heavy (non-hydrogen) atoms. The minimum Gasteiger partial charge on any atom is -0.481 e. The molecule has 7 nitrogen and oxygen atoms in total. The molecule has 0 bridgehead atoms. The second-order valence-electron chi connectivity index (χ2n) is 3.91. The Hall–Kier alpha value is -2.44. The number of carboxylic acid groups (broad SMARTS) is 1. The standard InChI is InChI=1S/C11H9NO6/c13-9-5-8(11(14)15)10(18-9)6-1-3-7(4-2-6)12(16)17/h1-4,8,10H,5H2,(H,14,15)/t8-,10-/m1/s1. The number of carbonyl (C=O) groups is 2. The molecule has 0 saturated carbocycles. The molecule has 1 aliphatic rings. The number of rotatable bonds is 3. The minimum absolute atomic E-state index is 0.102. The molecule has 0 radical (unpaired) electrons. The van der Waals surface area contributed by atoms with Crippen LogP contribution in [-0.4, -0.2) is 22.0 Å². The van der Waals surface area contributed by atoms with E-state index in [1.807, 2.05) is 0 Å². The maximum Gasteiger partial charge on any atom is 0.311 e. The zero-order chi connectivity index (χ0) is 13.3. The fourth-order valence-electron chi connectivity index (χ4n) is 1.86. The fraction of sp³-hybridized carbons (Fsp3) is 0.273. The summed E-state index contributed by atoms with van der Waals surface area (Å²) in [4.78, 5) is 32.0. The van der Waals surface area contributed by atoms with Crippen LogP contribution in [0, 0.1) is 16.0 Å². The van der Waals surface area contributed by atoms with E-state index in [0.717, 1.165) is 0 Å². The van der Waals surface area contributed by atoms with E-state index in [-0.39, 0.29) is 12.1 Å². The van der Waals surface area contributed by atoms with Crippen molar-refractivity contribution in [2.45, 2.75) is 12.5 Å². The number of benzene rings is 1. The number of nitro groups is 1. The van der Waals surface area contributed by atoms with E-state index in [9.17, 15) is 19.7 Å². The minimum atomic E-state index is -1.12. The number of aliphatic carboxylic acids is 1. The molecule has 0 spiro atoms. The first-order valence-electron chi connectivity index (χ1n) is 5.15. The van der Waals surface area contributed by atoms with Crippen LogP contribution in [0.4, 0.5) is 5.69 Å². The zero-order valence-corrected chi connectivity index (χ0v) is 9.11. The van der Waals surface area contributed by atoms with Gasteiger partial charge in [-0.1, -0.05) is 0 Å². The van der Waals surface area contributed by atoms with Gasteiger partial charge in [0.1, 0.15) is 12.0 Å². The predicted molar refractivity (Wildman–Crippen MR) is 57.7 cm³/mol. The van der Waals surface area contributed by atoms with Crippen LogP contribution in [0.3, 0.4) is 0 Å². The number of non-ortho nitro benzene ring substituents is 1. The van der Waals surface area contributed by atoms with Gasteiger partial charge in [-0.3, -0.25) is 19.7 Å². The largest absolute Gasteiger partial charge is 0.481 e. The van der Waals surface area contributed by atoms with Gasteiger partial charge in [0.05, 0.1) is 11.3 Å². The van der Waals surface area contributed by atoms with Crippen LogP contribution in [0.5, 0.6) is 0 Å². The van der Waals surface area contributed by atoms with Crippen LogP contribution in [0.15, 0.2) is 24.3 Å². The lowest BCUT2D eigenvalue weighted by atomic mass is 9.95. The number of cyclic esters (lactones) is 1. The van der Waals surface area contributed by atoms with Crippen LogP contribution >= 0.6 is 0 Å². The van der Waals surface area contributed by atoms with Gasteiger partial charge < -0.3 is 9.84 Å². The molecule has 2 rings (SSSR count). The van der Waals surface area contributed by atoms with Crippen molar-refractivity contribution in [2.75, 3.05) is 0 Å². The Morgan fingerprint density at radius 1 is 1.39 bits per heavy atom. The third-order valence-electron chi connectivity index (χ3n) is 2.76. The van der Waals surface area contributed by atoms with Crippen molar-refractivity contribution < 1.29 is 24.4 Å². The summed E-state index contributed by atoms with van der Waals surface area (Å²) < 4.78 is 4.93. The molecule has 0 amide bonds. The number of hydrogen-bond donors (Lipinski definition) is 1. The quantitative estimate of drug-likeness (QED) is 0.492. The third kappa shape index (κ3) is 2.15. The number of carboxylic acids is 1. The van der Waals surface area contributed by atoms with E-state index < -0.39 is 28.9 Å².